The maximum atomic E-state index is 5.76. The van der Waals surface area contributed by atoms with Crippen LogP contribution in [-0.2, 0) is 4.74 Å². The second-order valence-electron chi connectivity index (χ2n) is 3.58. The van der Waals surface area contributed by atoms with E-state index in [1.54, 1.807) is 0 Å². The summed E-state index contributed by atoms with van der Waals surface area (Å²) in [7, 11) is 1.96. The van der Waals surface area contributed by atoms with Crippen LogP contribution in [0.5, 0.6) is 0 Å². The van der Waals surface area contributed by atoms with E-state index in [9.17, 15) is 0 Å². The highest BCUT2D eigenvalue weighted by Gasteiger charge is 2.08. The molecule has 1 N–H and O–H groups in total. The molecule has 0 aliphatic heterocycles. The average molecular weight is 183 g/mol. The molecule has 1 aliphatic carbocycles. The first-order valence-electron chi connectivity index (χ1n) is 5.34. The van der Waals surface area contributed by atoms with Crippen molar-refractivity contribution < 1.29 is 4.74 Å². The lowest BCUT2D eigenvalue weighted by Gasteiger charge is -2.18. The van der Waals surface area contributed by atoms with Gasteiger partial charge in [-0.15, -0.1) is 0 Å². The van der Waals surface area contributed by atoms with E-state index in [4.69, 9.17) is 4.74 Å². The monoisotopic (exact) mass is 183 g/mol. The Labute approximate surface area is 81.4 Å². The summed E-state index contributed by atoms with van der Waals surface area (Å²) >= 11 is 0. The van der Waals surface area contributed by atoms with Crippen molar-refractivity contribution in [3.05, 3.63) is 12.2 Å². The maximum Gasteiger partial charge on any atom is 0.0594 e. The molecule has 0 fully saturated rings. The van der Waals surface area contributed by atoms with Gasteiger partial charge in [-0.3, -0.25) is 0 Å². The van der Waals surface area contributed by atoms with Crippen LogP contribution < -0.4 is 5.32 Å². The Morgan fingerprint density at radius 2 is 2.15 bits per heavy atom. The Morgan fingerprint density at radius 1 is 1.31 bits per heavy atom. The van der Waals surface area contributed by atoms with Crippen molar-refractivity contribution in [2.45, 2.75) is 38.2 Å². The predicted octanol–water partition coefficient (Wildman–Crippen LogP) is 2.11. The molecular weight excluding hydrogens is 162 g/mol. The first-order chi connectivity index (χ1) is 6.43. The van der Waals surface area contributed by atoms with E-state index in [0.717, 1.165) is 13.2 Å². The molecule has 2 heteroatoms. The van der Waals surface area contributed by atoms with Gasteiger partial charge in [-0.1, -0.05) is 12.2 Å². The summed E-state index contributed by atoms with van der Waals surface area (Å²) in [6, 6.07) is 0. The number of likely N-dealkylation sites (N-methyl/N-ethyl adjacent to an activating group) is 1. The summed E-state index contributed by atoms with van der Waals surface area (Å²) in [6.07, 6.45) is 11.2. The highest BCUT2D eigenvalue weighted by atomic mass is 16.5. The summed E-state index contributed by atoms with van der Waals surface area (Å²) < 4.78 is 5.76. The fraction of sp³-hybridized carbons (Fsp3) is 0.818. The summed E-state index contributed by atoms with van der Waals surface area (Å²) in [5.74, 6) is 0. The molecule has 2 nitrogen and oxygen atoms in total. The van der Waals surface area contributed by atoms with Crippen LogP contribution in [0.2, 0.25) is 0 Å². The van der Waals surface area contributed by atoms with E-state index < -0.39 is 0 Å². The molecule has 1 unspecified atom stereocenters. The predicted molar refractivity (Wildman–Crippen MR) is 55.9 cm³/mol. The summed E-state index contributed by atoms with van der Waals surface area (Å²) in [5, 5.41) is 3.10. The van der Waals surface area contributed by atoms with Crippen LogP contribution >= 0.6 is 0 Å². The zero-order chi connectivity index (χ0) is 9.36. The van der Waals surface area contributed by atoms with Gasteiger partial charge in [0.25, 0.3) is 0 Å². The molecule has 0 spiro atoms. The quantitative estimate of drug-likeness (QED) is 0.532. The van der Waals surface area contributed by atoms with Gasteiger partial charge in [0.2, 0.25) is 0 Å². The Hall–Kier alpha value is -0.340. The number of ether oxygens (including phenoxy) is 1. The largest absolute Gasteiger partial charge is 0.377 e. The molecule has 1 rings (SSSR count). The van der Waals surface area contributed by atoms with E-state index in [1.807, 2.05) is 7.05 Å². The van der Waals surface area contributed by atoms with E-state index in [1.165, 1.54) is 32.1 Å². The normalized spacial score (nSPS) is 26.4. The van der Waals surface area contributed by atoms with Gasteiger partial charge in [0, 0.05) is 6.54 Å². The van der Waals surface area contributed by atoms with Crippen LogP contribution in [0.25, 0.3) is 0 Å². The van der Waals surface area contributed by atoms with Crippen LogP contribution in [0.1, 0.15) is 32.1 Å². The fourth-order valence-electron chi connectivity index (χ4n) is 1.62. The molecule has 0 aromatic heterocycles. The van der Waals surface area contributed by atoms with E-state index in [0.29, 0.717) is 6.10 Å². The topological polar surface area (TPSA) is 21.3 Å². The van der Waals surface area contributed by atoms with Crippen molar-refractivity contribution in [3.63, 3.8) is 0 Å². The molecule has 0 saturated heterocycles. The summed E-state index contributed by atoms with van der Waals surface area (Å²) in [5.41, 5.74) is 0. The zero-order valence-corrected chi connectivity index (χ0v) is 8.59. The van der Waals surface area contributed by atoms with Crippen molar-refractivity contribution >= 4 is 0 Å². The molecular formula is C11H21NO. The minimum Gasteiger partial charge on any atom is -0.377 e. The van der Waals surface area contributed by atoms with Crippen molar-refractivity contribution in [1.29, 1.82) is 0 Å². The van der Waals surface area contributed by atoms with Crippen molar-refractivity contribution in [1.82, 2.24) is 5.32 Å². The Morgan fingerprint density at radius 3 is 3.00 bits per heavy atom. The fourth-order valence-corrected chi connectivity index (χ4v) is 1.62. The maximum absolute atomic E-state index is 5.76. The molecule has 0 aromatic carbocycles. The van der Waals surface area contributed by atoms with Gasteiger partial charge in [0.15, 0.2) is 0 Å². The van der Waals surface area contributed by atoms with Crippen LogP contribution in [-0.4, -0.2) is 26.3 Å². The van der Waals surface area contributed by atoms with Crippen LogP contribution in [0.4, 0.5) is 0 Å². The van der Waals surface area contributed by atoms with Gasteiger partial charge < -0.3 is 10.1 Å². The molecule has 0 heterocycles. The van der Waals surface area contributed by atoms with Crippen molar-refractivity contribution in [2.75, 3.05) is 20.2 Å². The lowest BCUT2D eigenvalue weighted by molar-refractivity contribution is 0.0431. The minimum absolute atomic E-state index is 0.498. The van der Waals surface area contributed by atoms with Crippen molar-refractivity contribution in [2.24, 2.45) is 0 Å². The van der Waals surface area contributed by atoms with Crippen LogP contribution in [0.3, 0.4) is 0 Å². The number of hydrogen-bond donors (Lipinski definition) is 1. The highest BCUT2D eigenvalue weighted by molar-refractivity contribution is 4.85. The Bertz CT molecular complexity index is 145. The van der Waals surface area contributed by atoms with Gasteiger partial charge in [-0.2, -0.15) is 0 Å². The van der Waals surface area contributed by atoms with Gasteiger partial charge in [-0.25, -0.2) is 0 Å². The second-order valence-corrected chi connectivity index (χ2v) is 3.58. The third kappa shape index (κ3) is 5.06. The van der Waals surface area contributed by atoms with Gasteiger partial charge >= 0.3 is 0 Å². The number of nitrogens with one attached hydrogen (secondary N) is 1. The van der Waals surface area contributed by atoms with Gasteiger partial charge in [0.1, 0.15) is 0 Å². The first-order valence-corrected chi connectivity index (χ1v) is 5.34. The molecule has 76 valence electrons. The van der Waals surface area contributed by atoms with E-state index in [2.05, 4.69) is 17.5 Å². The molecule has 0 aromatic rings. The number of allylic oxidation sites excluding steroid dienone is 2. The first kappa shape index (κ1) is 10.7. The van der Waals surface area contributed by atoms with Crippen LogP contribution in [0.15, 0.2) is 12.2 Å². The van der Waals surface area contributed by atoms with Crippen LogP contribution in [0, 0.1) is 0 Å². The third-order valence-corrected chi connectivity index (χ3v) is 2.42. The Balaban J connectivity index is 2.12. The smallest absolute Gasteiger partial charge is 0.0594 e. The SMILES string of the molecule is CNCCOC1CC/C=C/CCC1. The Kier molecular flexibility index (Phi) is 5.87. The van der Waals surface area contributed by atoms with E-state index in [-0.39, 0.29) is 0 Å². The summed E-state index contributed by atoms with van der Waals surface area (Å²) in [4.78, 5) is 0. The third-order valence-electron chi connectivity index (χ3n) is 2.42. The molecule has 0 amide bonds. The molecule has 1 atom stereocenters. The zero-order valence-electron chi connectivity index (χ0n) is 8.59. The lowest BCUT2D eigenvalue weighted by Crippen LogP contribution is -2.20. The standard InChI is InChI=1S/C11H21NO/c1-12-9-10-13-11-7-5-3-2-4-6-8-11/h2-3,11-12H,4-10H2,1H3/b3-2+. The molecule has 1 aliphatic rings. The number of rotatable bonds is 4. The molecule has 13 heavy (non-hydrogen) atoms. The average Bonchev–Trinajstić information content (AvgIpc) is 2.08. The summed E-state index contributed by atoms with van der Waals surface area (Å²) in [6.45, 7) is 1.82. The van der Waals surface area contributed by atoms with Gasteiger partial charge in [0.05, 0.1) is 12.7 Å². The number of hydrogen-bond acceptors (Lipinski definition) is 2. The molecule has 0 saturated carbocycles. The molecule has 0 bridgehead atoms. The van der Waals surface area contributed by atoms with Crippen molar-refractivity contribution in [3.8, 4) is 0 Å². The minimum atomic E-state index is 0.498. The highest BCUT2D eigenvalue weighted by Crippen LogP contribution is 2.14. The van der Waals surface area contributed by atoms with Gasteiger partial charge in [-0.05, 0) is 39.2 Å². The molecule has 0 radical (unpaired) electrons. The lowest BCUT2D eigenvalue weighted by atomic mass is 10.0. The van der Waals surface area contributed by atoms with E-state index >= 15 is 0 Å². The second kappa shape index (κ2) is 7.10.